The lowest BCUT2D eigenvalue weighted by Crippen LogP contribution is -1.96. The van der Waals surface area contributed by atoms with Crippen molar-refractivity contribution in [1.29, 1.82) is 0 Å². The molecule has 2 heteroatoms. The summed E-state index contributed by atoms with van der Waals surface area (Å²) in [6, 6.07) is 4.16. The molecule has 0 aromatic heterocycles. The highest BCUT2D eigenvalue weighted by atomic mass is 16.5. The first-order valence-corrected chi connectivity index (χ1v) is 5.01. The molecular formula is C12H16O2. The second-order valence-electron chi connectivity index (χ2n) is 3.81. The van der Waals surface area contributed by atoms with Crippen LogP contribution in [0.2, 0.25) is 0 Å². The van der Waals surface area contributed by atoms with Crippen LogP contribution < -0.4 is 9.47 Å². The number of fused-ring (bicyclic) bond motifs is 1. The van der Waals surface area contributed by atoms with Gasteiger partial charge in [0.25, 0.3) is 0 Å². The van der Waals surface area contributed by atoms with Crippen LogP contribution in [-0.2, 0) is 6.42 Å². The van der Waals surface area contributed by atoms with Crippen LogP contribution in [0.15, 0.2) is 12.1 Å². The van der Waals surface area contributed by atoms with Gasteiger partial charge in [-0.2, -0.15) is 0 Å². The van der Waals surface area contributed by atoms with E-state index in [1.807, 2.05) is 6.07 Å². The van der Waals surface area contributed by atoms with Gasteiger partial charge in [-0.25, -0.2) is 0 Å². The fourth-order valence-corrected chi connectivity index (χ4v) is 2.24. The number of hydrogen-bond donors (Lipinski definition) is 0. The van der Waals surface area contributed by atoms with Crippen molar-refractivity contribution in [1.82, 2.24) is 0 Å². The predicted molar refractivity (Wildman–Crippen MR) is 56.3 cm³/mol. The SMILES string of the molecule is COc1ccc2c(c1OC)CCC2C. The molecule has 0 saturated heterocycles. The fourth-order valence-electron chi connectivity index (χ4n) is 2.24. The summed E-state index contributed by atoms with van der Waals surface area (Å²) in [6.45, 7) is 2.26. The molecule has 1 unspecified atom stereocenters. The smallest absolute Gasteiger partial charge is 0.164 e. The number of benzene rings is 1. The number of methoxy groups -OCH3 is 2. The topological polar surface area (TPSA) is 18.5 Å². The van der Waals surface area contributed by atoms with Crippen molar-refractivity contribution < 1.29 is 9.47 Å². The Bertz CT molecular complexity index is 344. The monoisotopic (exact) mass is 192 g/mol. The molecule has 0 bridgehead atoms. The first kappa shape index (κ1) is 9.38. The molecule has 1 aliphatic carbocycles. The molecule has 0 heterocycles. The van der Waals surface area contributed by atoms with Crippen molar-refractivity contribution in [2.24, 2.45) is 0 Å². The summed E-state index contributed by atoms with van der Waals surface area (Å²) in [5.41, 5.74) is 2.75. The molecule has 2 nitrogen and oxygen atoms in total. The zero-order valence-corrected chi connectivity index (χ0v) is 8.96. The van der Waals surface area contributed by atoms with Crippen molar-refractivity contribution >= 4 is 0 Å². The van der Waals surface area contributed by atoms with Crippen LogP contribution >= 0.6 is 0 Å². The van der Waals surface area contributed by atoms with Gasteiger partial charge in [0, 0.05) is 5.56 Å². The van der Waals surface area contributed by atoms with E-state index in [0.717, 1.165) is 17.9 Å². The van der Waals surface area contributed by atoms with Crippen molar-refractivity contribution in [2.75, 3.05) is 14.2 Å². The Balaban J connectivity index is 2.54. The highest BCUT2D eigenvalue weighted by Crippen LogP contribution is 2.42. The third-order valence-corrected chi connectivity index (χ3v) is 3.04. The first-order chi connectivity index (χ1) is 6.77. The number of rotatable bonds is 2. The maximum Gasteiger partial charge on any atom is 0.164 e. The third kappa shape index (κ3) is 1.26. The third-order valence-electron chi connectivity index (χ3n) is 3.04. The molecule has 14 heavy (non-hydrogen) atoms. The number of hydrogen-bond acceptors (Lipinski definition) is 2. The summed E-state index contributed by atoms with van der Waals surface area (Å²) in [5.74, 6) is 2.43. The van der Waals surface area contributed by atoms with Crippen molar-refractivity contribution in [3.8, 4) is 11.5 Å². The van der Waals surface area contributed by atoms with Gasteiger partial charge in [-0.15, -0.1) is 0 Å². The lowest BCUT2D eigenvalue weighted by Gasteiger charge is -2.12. The molecule has 1 aromatic carbocycles. The Morgan fingerprint density at radius 1 is 1.21 bits per heavy atom. The lowest BCUT2D eigenvalue weighted by molar-refractivity contribution is 0.352. The van der Waals surface area contributed by atoms with Gasteiger partial charge in [0.1, 0.15) is 0 Å². The maximum absolute atomic E-state index is 5.40. The van der Waals surface area contributed by atoms with E-state index in [-0.39, 0.29) is 0 Å². The van der Waals surface area contributed by atoms with E-state index in [1.54, 1.807) is 14.2 Å². The Hall–Kier alpha value is -1.18. The van der Waals surface area contributed by atoms with Crippen LogP contribution in [0.4, 0.5) is 0 Å². The lowest BCUT2D eigenvalue weighted by atomic mass is 10.0. The molecule has 0 aliphatic heterocycles. The first-order valence-electron chi connectivity index (χ1n) is 5.01. The minimum atomic E-state index is 0.657. The van der Waals surface area contributed by atoms with Crippen LogP contribution in [-0.4, -0.2) is 14.2 Å². The van der Waals surface area contributed by atoms with Gasteiger partial charge in [-0.1, -0.05) is 13.0 Å². The molecule has 1 aliphatic rings. The molecule has 76 valence electrons. The normalized spacial score (nSPS) is 19.2. The predicted octanol–water partition coefficient (Wildman–Crippen LogP) is 2.75. The van der Waals surface area contributed by atoms with E-state index in [4.69, 9.17) is 9.47 Å². The molecule has 0 saturated carbocycles. The number of ether oxygens (including phenoxy) is 2. The summed E-state index contributed by atoms with van der Waals surface area (Å²) in [6.07, 6.45) is 2.33. The Labute approximate surface area is 84.8 Å². The highest BCUT2D eigenvalue weighted by molar-refractivity contribution is 5.53. The van der Waals surface area contributed by atoms with Crippen LogP contribution in [0, 0.1) is 0 Å². The molecule has 0 amide bonds. The second-order valence-corrected chi connectivity index (χ2v) is 3.81. The van der Waals surface area contributed by atoms with E-state index in [0.29, 0.717) is 5.92 Å². The quantitative estimate of drug-likeness (QED) is 0.717. The average molecular weight is 192 g/mol. The van der Waals surface area contributed by atoms with Gasteiger partial charge < -0.3 is 9.47 Å². The average Bonchev–Trinajstić information content (AvgIpc) is 2.59. The molecule has 2 rings (SSSR count). The van der Waals surface area contributed by atoms with E-state index >= 15 is 0 Å². The van der Waals surface area contributed by atoms with E-state index in [2.05, 4.69) is 13.0 Å². The van der Waals surface area contributed by atoms with Crippen LogP contribution in [0.3, 0.4) is 0 Å². The van der Waals surface area contributed by atoms with Gasteiger partial charge in [0.15, 0.2) is 11.5 Å². The standard InChI is InChI=1S/C12H16O2/c1-8-4-5-10-9(8)6-7-11(13-2)12(10)14-3/h6-8H,4-5H2,1-3H3. The Kier molecular flexibility index (Phi) is 2.36. The molecule has 0 fully saturated rings. The Morgan fingerprint density at radius 3 is 2.64 bits per heavy atom. The van der Waals surface area contributed by atoms with E-state index in [9.17, 15) is 0 Å². The molecular weight excluding hydrogens is 176 g/mol. The summed E-state index contributed by atoms with van der Waals surface area (Å²) in [5, 5.41) is 0. The minimum absolute atomic E-state index is 0.657. The van der Waals surface area contributed by atoms with Crippen LogP contribution in [0.25, 0.3) is 0 Å². The zero-order chi connectivity index (χ0) is 10.1. The van der Waals surface area contributed by atoms with Crippen molar-refractivity contribution in [3.05, 3.63) is 23.3 Å². The summed E-state index contributed by atoms with van der Waals surface area (Å²) < 4.78 is 10.7. The van der Waals surface area contributed by atoms with E-state index in [1.165, 1.54) is 17.5 Å². The van der Waals surface area contributed by atoms with Crippen LogP contribution in [0.5, 0.6) is 11.5 Å². The summed E-state index contributed by atoms with van der Waals surface area (Å²) in [7, 11) is 3.39. The van der Waals surface area contributed by atoms with Gasteiger partial charge >= 0.3 is 0 Å². The van der Waals surface area contributed by atoms with Gasteiger partial charge in [-0.05, 0) is 30.4 Å². The van der Waals surface area contributed by atoms with E-state index < -0.39 is 0 Å². The Morgan fingerprint density at radius 2 is 2.00 bits per heavy atom. The molecule has 1 atom stereocenters. The molecule has 0 radical (unpaired) electrons. The van der Waals surface area contributed by atoms with Gasteiger partial charge in [0.05, 0.1) is 14.2 Å². The maximum atomic E-state index is 5.40. The minimum Gasteiger partial charge on any atom is -0.493 e. The van der Waals surface area contributed by atoms with Gasteiger partial charge in [-0.3, -0.25) is 0 Å². The molecule has 0 N–H and O–H groups in total. The van der Waals surface area contributed by atoms with Gasteiger partial charge in [0.2, 0.25) is 0 Å². The van der Waals surface area contributed by atoms with Crippen molar-refractivity contribution in [2.45, 2.75) is 25.7 Å². The molecule has 1 aromatic rings. The zero-order valence-electron chi connectivity index (χ0n) is 8.96. The van der Waals surface area contributed by atoms with Crippen molar-refractivity contribution in [3.63, 3.8) is 0 Å². The summed E-state index contributed by atoms with van der Waals surface area (Å²) in [4.78, 5) is 0. The summed E-state index contributed by atoms with van der Waals surface area (Å²) >= 11 is 0. The fraction of sp³-hybridized carbons (Fsp3) is 0.500. The second kappa shape index (κ2) is 3.52. The van der Waals surface area contributed by atoms with Crippen LogP contribution in [0.1, 0.15) is 30.4 Å². The largest absolute Gasteiger partial charge is 0.493 e. The molecule has 0 spiro atoms. The highest BCUT2D eigenvalue weighted by Gasteiger charge is 2.23.